The summed E-state index contributed by atoms with van der Waals surface area (Å²) in [6.45, 7) is 4.11. The van der Waals surface area contributed by atoms with Crippen LogP contribution in [0.4, 0.5) is 5.69 Å². The predicted octanol–water partition coefficient (Wildman–Crippen LogP) is 3.59. The Hall–Kier alpha value is -1.02. The Morgan fingerprint density at radius 3 is 2.26 bits per heavy atom. The first-order valence-electron chi connectivity index (χ1n) is 7.69. The average Bonchev–Trinajstić information content (AvgIpc) is 2.48. The lowest BCUT2D eigenvalue weighted by Gasteiger charge is -2.40. The Labute approximate surface area is 118 Å². The first-order chi connectivity index (χ1) is 9.19. The summed E-state index contributed by atoms with van der Waals surface area (Å²) < 4.78 is 0. The van der Waals surface area contributed by atoms with Gasteiger partial charge >= 0.3 is 0 Å². The van der Waals surface area contributed by atoms with Crippen molar-refractivity contribution in [1.29, 1.82) is 0 Å². The number of aryl methyl sites for hydroxylation is 1. The monoisotopic (exact) mass is 260 g/mol. The fourth-order valence-corrected chi connectivity index (χ4v) is 3.31. The van der Waals surface area contributed by atoms with Gasteiger partial charge in [0.1, 0.15) is 0 Å². The van der Waals surface area contributed by atoms with Crippen molar-refractivity contribution in [1.82, 2.24) is 0 Å². The molecule has 0 saturated heterocycles. The van der Waals surface area contributed by atoms with Crippen LogP contribution in [0.3, 0.4) is 0 Å². The summed E-state index contributed by atoms with van der Waals surface area (Å²) in [5.41, 5.74) is 9.15. The van der Waals surface area contributed by atoms with E-state index in [1.807, 2.05) is 0 Å². The van der Waals surface area contributed by atoms with Gasteiger partial charge in [-0.1, -0.05) is 38.3 Å². The van der Waals surface area contributed by atoms with Crippen LogP contribution in [0.15, 0.2) is 24.3 Å². The Morgan fingerprint density at radius 1 is 1.11 bits per heavy atom. The lowest BCUT2D eigenvalue weighted by Crippen LogP contribution is -2.42. The quantitative estimate of drug-likeness (QED) is 0.876. The van der Waals surface area contributed by atoms with Gasteiger partial charge in [-0.15, -0.1) is 0 Å². The fraction of sp³-hybridized carbons (Fsp3) is 0.647. The third kappa shape index (κ3) is 3.50. The molecule has 0 aliphatic heterocycles. The zero-order chi connectivity index (χ0) is 13.7. The third-order valence-corrected chi connectivity index (χ3v) is 4.71. The van der Waals surface area contributed by atoms with Crippen molar-refractivity contribution in [2.45, 2.75) is 45.4 Å². The van der Waals surface area contributed by atoms with Gasteiger partial charge in [0.15, 0.2) is 0 Å². The molecule has 0 radical (unpaired) electrons. The van der Waals surface area contributed by atoms with Crippen LogP contribution in [-0.2, 0) is 6.42 Å². The maximum absolute atomic E-state index is 6.08. The maximum atomic E-state index is 6.08. The number of nitrogens with zero attached hydrogens (tertiary/aromatic N) is 1. The molecule has 0 atom stereocenters. The average molecular weight is 260 g/mol. The zero-order valence-electron chi connectivity index (χ0n) is 12.5. The Balaban J connectivity index is 2.03. The van der Waals surface area contributed by atoms with Gasteiger partial charge in [-0.25, -0.2) is 0 Å². The summed E-state index contributed by atoms with van der Waals surface area (Å²) in [5.74, 6) is 0. The Morgan fingerprint density at radius 2 is 1.74 bits per heavy atom. The minimum atomic E-state index is 0.344. The normalized spacial score (nSPS) is 18.3. The summed E-state index contributed by atoms with van der Waals surface area (Å²) in [4.78, 5) is 2.39. The van der Waals surface area contributed by atoms with Crippen molar-refractivity contribution in [3.63, 3.8) is 0 Å². The van der Waals surface area contributed by atoms with Crippen molar-refractivity contribution in [2.75, 3.05) is 25.0 Å². The molecule has 0 amide bonds. The molecular weight excluding hydrogens is 232 g/mol. The standard InChI is InChI=1S/C17H28N2/c1-3-15-7-9-16(10-8-15)19(2)14-17(13-18)11-5-4-6-12-17/h7-10H,3-6,11-14,18H2,1-2H3. The summed E-state index contributed by atoms with van der Waals surface area (Å²) >= 11 is 0. The molecule has 1 aromatic carbocycles. The lowest BCUT2D eigenvalue weighted by molar-refractivity contribution is 0.206. The molecule has 2 nitrogen and oxygen atoms in total. The molecule has 0 spiro atoms. The molecule has 0 aromatic heterocycles. The minimum absolute atomic E-state index is 0.344. The van der Waals surface area contributed by atoms with Gasteiger partial charge < -0.3 is 10.6 Å². The van der Waals surface area contributed by atoms with E-state index < -0.39 is 0 Å². The number of anilines is 1. The van der Waals surface area contributed by atoms with E-state index in [1.54, 1.807) is 0 Å². The molecule has 0 bridgehead atoms. The zero-order valence-corrected chi connectivity index (χ0v) is 12.5. The first-order valence-corrected chi connectivity index (χ1v) is 7.69. The van der Waals surface area contributed by atoms with Gasteiger partial charge in [-0.05, 0) is 43.5 Å². The molecule has 106 valence electrons. The van der Waals surface area contributed by atoms with Crippen molar-refractivity contribution >= 4 is 5.69 Å². The second kappa shape index (κ2) is 6.42. The van der Waals surface area contributed by atoms with E-state index in [0.29, 0.717) is 5.41 Å². The number of hydrogen-bond acceptors (Lipinski definition) is 2. The summed E-state index contributed by atoms with van der Waals surface area (Å²) in [6.07, 6.45) is 7.77. The number of benzene rings is 1. The van der Waals surface area contributed by atoms with E-state index >= 15 is 0 Å². The van der Waals surface area contributed by atoms with Crippen molar-refractivity contribution in [3.05, 3.63) is 29.8 Å². The topological polar surface area (TPSA) is 29.3 Å². The minimum Gasteiger partial charge on any atom is -0.374 e. The summed E-state index contributed by atoms with van der Waals surface area (Å²) in [5, 5.41) is 0. The lowest BCUT2D eigenvalue weighted by atomic mass is 9.73. The molecule has 1 fully saturated rings. The summed E-state index contributed by atoms with van der Waals surface area (Å²) in [7, 11) is 2.20. The van der Waals surface area contributed by atoms with Crippen LogP contribution in [0, 0.1) is 5.41 Å². The molecule has 2 N–H and O–H groups in total. The molecule has 0 heterocycles. The van der Waals surface area contributed by atoms with Gasteiger partial charge in [0.25, 0.3) is 0 Å². The smallest absolute Gasteiger partial charge is 0.0363 e. The second-order valence-corrected chi connectivity index (χ2v) is 6.14. The van der Waals surface area contributed by atoms with Crippen LogP contribution in [0.1, 0.15) is 44.6 Å². The van der Waals surface area contributed by atoms with Crippen LogP contribution < -0.4 is 10.6 Å². The highest BCUT2D eigenvalue weighted by molar-refractivity contribution is 5.47. The molecule has 1 saturated carbocycles. The van der Waals surface area contributed by atoms with Crippen molar-refractivity contribution < 1.29 is 0 Å². The first kappa shape index (κ1) is 14.4. The molecule has 2 rings (SSSR count). The number of nitrogens with two attached hydrogens (primary N) is 1. The maximum Gasteiger partial charge on any atom is 0.0363 e. The van der Waals surface area contributed by atoms with Crippen LogP contribution in [-0.4, -0.2) is 20.1 Å². The molecule has 19 heavy (non-hydrogen) atoms. The summed E-state index contributed by atoms with van der Waals surface area (Å²) in [6, 6.07) is 8.96. The van der Waals surface area contributed by atoms with Crippen LogP contribution >= 0.6 is 0 Å². The third-order valence-electron chi connectivity index (χ3n) is 4.71. The van der Waals surface area contributed by atoms with E-state index in [0.717, 1.165) is 19.5 Å². The van der Waals surface area contributed by atoms with Gasteiger partial charge in [0, 0.05) is 24.7 Å². The fourth-order valence-electron chi connectivity index (χ4n) is 3.31. The Kier molecular flexibility index (Phi) is 4.87. The van der Waals surface area contributed by atoms with Gasteiger partial charge in [-0.2, -0.15) is 0 Å². The van der Waals surface area contributed by atoms with Gasteiger partial charge in [0.05, 0.1) is 0 Å². The van der Waals surface area contributed by atoms with E-state index in [-0.39, 0.29) is 0 Å². The molecule has 2 heteroatoms. The molecule has 1 aliphatic rings. The van der Waals surface area contributed by atoms with Crippen LogP contribution in [0.25, 0.3) is 0 Å². The number of rotatable bonds is 5. The van der Waals surface area contributed by atoms with E-state index in [4.69, 9.17) is 5.73 Å². The van der Waals surface area contributed by atoms with E-state index in [9.17, 15) is 0 Å². The highest BCUT2D eigenvalue weighted by atomic mass is 15.1. The van der Waals surface area contributed by atoms with Crippen molar-refractivity contribution in [2.24, 2.45) is 11.1 Å². The predicted molar refractivity (Wildman–Crippen MR) is 83.7 cm³/mol. The largest absolute Gasteiger partial charge is 0.374 e. The highest BCUT2D eigenvalue weighted by Crippen LogP contribution is 2.36. The van der Waals surface area contributed by atoms with Crippen LogP contribution in [0.2, 0.25) is 0 Å². The molecule has 1 aliphatic carbocycles. The van der Waals surface area contributed by atoms with Gasteiger partial charge in [0.2, 0.25) is 0 Å². The van der Waals surface area contributed by atoms with E-state index in [1.165, 1.54) is 43.4 Å². The highest BCUT2D eigenvalue weighted by Gasteiger charge is 2.31. The molecule has 1 aromatic rings. The Bertz CT molecular complexity index is 377. The molecule has 0 unspecified atom stereocenters. The van der Waals surface area contributed by atoms with Crippen molar-refractivity contribution in [3.8, 4) is 0 Å². The molecular formula is C17H28N2. The second-order valence-electron chi connectivity index (χ2n) is 6.14. The van der Waals surface area contributed by atoms with E-state index in [2.05, 4.69) is 43.1 Å². The SMILES string of the molecule is CCc1ccc(N(C)CC2(CN)CCCCC2)cc1. The number of hydrogen-bond donors (Lipinski definition) is 1. The van der Waals surface area contributed by atoms with Crippen LogP contribution in [0.5, 0.6) is 0 Å². The van der Waals surface area contributed by atoms with Gasteiger partial charge in [-0.3, -0.25) is 0 Å².